The molecule has 0 bridgehead atoms. The second-order valence-electron chi connectivity index (χ2n) is 3.56. The van der Waals surface area contributed by atoms with E-state index in [4.69, 9.17) is 10.8 Å². The minimum atomic E-state index is -1.79. The number of carbonyl (C=O) groups is 3. The molecule has 0 fully saturated rings. The van der Waals surface area contributed by atoms with Gasteiger partial charge in [0.05, 0.1) is 6.04 Å². The second-order valence-corrected chi connectivity index (χ2v) is 3.56. The third kappa shape index (κ3) is 6.62. The first-order valence-electron chi connectivity index (χ1n) is 5.12. The molecule has 9 nitrogen and oxygen atoms in total. The largest absolute Gasteiger partial charge is 0.478 e. The number of carbonyl (C=O) groups excluding carboxylic acids is 2. The van der Waals surface area contributed by atoms with Crippen LogP contribution in [0.25, 0.3) is 0 Å². The molecule has 0 aromatic carbocycles. The van der Waals surface area contributed by atoms with Gasteiger partial charge in [-0.15, -0.1) is 0 Å². The summed E-state index contributed by atoms with van der Waals surface area (Å²) in [6.45, 7) is -0.702. The highest BCUT2D eigenvalue weighted by molar-refractivity contribution is 5.90. The van der Waals surface area contributed by atoms with Gasteiger partial charge in [0.25, 0.3) is 0 Å². The number of ether oxygens (including phenoxy) is 1. The van der Waals surface area contributed by atoms with Crippen LogP contribution in [-0.4, -0.2) is 69.6 Å². The fraction of sp³-hybridized carbons (Fsp3) is 0.500. The van der Waals surface area contributed by atoms with Gasteiger partial charge in [0.2, 0.25) is 0 Å². The zero-order valence-corrected chi connectivity index (χ0v) is 9.75. The normalized spacial score (nSPS) is 17.5. The van der Waals surface area contributed by atoms with E-state index >= 15 is 0 Å². The molecular weight excluding hydrogens is 262 g/mol. The van der Waals surface area contributed by atoms with Crippen molar-refractivity contribution in [3.05, 3.63) is 12.2 Å². The van der Waals surface area contributed by atoms with Gasteiger partial charge in [-0.2, -0.15) is 0 Å². The summed E-state index contributed by atoms with van der Waals surface area (Å²) < 4.78 is 4.40. The van der Waals surface area contributed by atoms with E-state index in [2.05, 4.69) is 4.74 Å². The molecule has 0 spiro atoms. The summed E-state index contributed by atoms with van der Waals surface area (Å²) in [7, 11) is 0. The number of esters is 1. The first-order valence-corrected chi connectivity index (χ1v) is 5.12. The summed E-state index contributed by atoms with van der Waals surface area (Å²) in [5, 5.41) is 36.3. The molecule has 0 aromatic heterocycles. The van der Waals surface area contributed by atoms with E-state index in [0.29, 0.717) is 12.2 Å². The van der Waals surface area contributed by atoms with Gasteiger partial charge < -0.3 is 35.7 Å². The van der Waals surface area contributed by atoms with E-state index in [1.165, 1.54) is 0 Å². The quantitative estimate of drug-likeness (QED) is 0.174. The Morgan fingerprint density at radius 1 is 1.16 bits per heavy atom. The molecule has 0 unspecified atom stereocenters. The van der Waals surface area contributed by atoms with Gasteiger partial charge >= 0.3 is 11.9 Å². The van der Waals surface area contributed by atoms with E-state index < -0.39 is 42.9 Å². The molecule has 0 aliphatic rings. The number of rotatable bonds is 8. The molecule has 0 aliphatic carbocycles. The lowest BCUT2D eigenvalue weighted by Crippen LogP contribution is -2.50. The predicted molar refractivity (Wildman–Crippen MR) is 59.8 cm³/mol. The number of aliphatic carboxylic acids is 1. The van der Waals surface area contributed by atoms with Crippen molar-refractivity contribution in [3.8, 4) is 0 Å². The lowest BCUT2D eigenvalue weighted by Gasteiger charge is -2.24. The maximum atomic E-state index is 10.9. The average molecular weight is 277 g/mol. The monoisotopic (exact) mass is 277 g/mol. The Balaban J connectivity index is 4.23. The van der Waals surface area contributed by atoms with Crippen molar-refractivity contribution >= 4 is 18.2 Å². The van der Waals surface area contributed by atoms with Crippen LogP contribution in [0.4, 0.5) is 0 Å². The van der Waals surface area contributed by atoms with E-state index in [1.807, 2.05) is 0 Å². The van der Waals surface area contributed by atoms with Gasteiger partial charge in [-0.05, 0) is 0 Å². The van der Waals surface area contributed by atoms with Crippen molar-refractivity contribution in [3.63, 3.8) is 0 Å². The first kappa shape index (κ1) is 17.2. The predicted octanol–water partition coefficient (Wildman–Crippen LogP) is -3.22. The Kier molecular flexibility index (Phi) is 7.53. The van der Waals surface area contributed by atoms with Gasteiger partial charge in [0.15, 0.2) is 0 Å². The maximum absolute atomic E-state index is 10.9. The van der Waals surface area contributed by atoms with Crippen LogP contribution in [0.5, 0.6) is 0 Å². The molecule has 0 radical (unpaired) electrons. The first-order chi connectivity index (χ1) is 8.79. The summed E-state index contributed by atoms with van der Waals surface area (Å²) in [5.74, 6) is -2.41. The molecule has 0 rings (SSSR count). The number of hydrogen-bond donors (Lipinski definition) is 5. The second kappa shape index (κ2) is 8.32. The number of carboxylic acids is 1. The van der Waals surface area contributed by atoms with Gasteiger partial charge in [-0.3, -0.25) is 0 Å². The fourth-order valence-corrected chi connectivity index (χ4v) is 0.989. The smallest absolute Gasteiger partial charge is 0.331 e. The van der Waals surface area contributed by atoms with E-state index in [1.54, 1.807) is 0 Å². The van der Waals surface area contributed by atoms with Crippen molar-refractivity contribution in [2.45, 2.75) is 24.4 Å². The van der Waals surface area contributed by atoms with Crippen LogP contribution >= 0.6 is 0 Å². The average Bonchev–Trinajstić information content (AvgIpc) is 2.39. The number of aliphatic hydroxyl groups is 3. The van der Waals surface area contributed by atoms with Gasteiger partial charge in [-0.1, -0.05) is 0 Å². The molecule has 9 heteroatoms. The molecule has 0 heterocycles. The lowest BCUT2D eigenvalue weighted by molar-refractivity contribution is -0.147. The minimum Gasteiger partial charge on any atom is -0.478 e. The summed E-state index contributed by atoms with van der Waals surface area (Å²) in [5.41, 5.74) is 5.12. The van der Waals surface area contributed by atoms with Gasteiger partial charge in [0, 0.05) is 12.2 Å². The Labute approximate surface area is 107 Å². The molecule has 0 aromatic rings. The number of carboxylic acid groups (broad SMARTS) is 1. The van der Waals surface area contributed by atoms with Crippen LogP contribution in [0.2, 0.25) is 0 Å². The molecule has 0 saturated carbocycles. The third-order valence-corrected chi connectivity index (χ3v) is 2.05. The molecular formula is C10H15NO8. The Bertz CT molecular complexity index is 355. The maximum Gasteiger partial charge on any atom is 0.331 e. The summed E-state index contributed by atoms with van der Waals surface area (Å²) in [6.07, 6.45) is -3.88. The third-order valence-electron chi connectivity index (χ3n) is 2.05. The van der Waals surface area contributed by atoms with Crippen molar-refractivity contribution in [2.75, 3.05) is 6.61 Å². The summed E-state index contributed by atoms with van der Waals surface area (Å²) in [4.78, 5) is 31.3. The molecule has 0 amide bonds. The lowest BCUT2D eigenvalue weighted by atomic mass is 10.0. The highest BCUT2D eigenvalue weighted by atomic mass is 16.5. The van der Waals surface area contributed by atoms with Gasteiger partial charge in [-0.25, -0.2) is 9.59 Å². The van der Waals surface area contributed by atoms with E-state index in [-0.39, 0.29) is 6.29 Å². The van der Waals surface area contributed by atoms with Crippen LogP contribution in [0.1, 0.15) is 0 Å². The topological polar surface area (TPSA) is 167 Å². The fourth-order valence-electron chi connectivity index (χ4n) is 0.989. The van der Waals surface area contributed by atoms with Gasteiger partial charge in [0.1, 0.15) is 31.2 Å². The van der Waals surface area contributed by atoms with Crippen LogP contribution in [-0.2, 0) is 19.1 Å². The number of aldehydes is 1. The number of nitrogens with two attached hydrogens (primary N) is 1. The molecule has 0 saturated heterocycles. The number of aliphatic hydroxyl groups excluding tert-OH is 3. The molecule has 108 valence electrons. The van der Waals surface area contributed by atoms with E-state index in [9.17, 15) is 29.7 Å². The van der Waals surface area contributed by atoms with Crippen molar-refractivity contribution in [1.82, 2.24) is 0 Å². The van der Waals surface area contributed by atoms with Crippen molar-refractivity contribution in [1.29, 1.82) is 0 Å². The van der Waals surface area contributed by atoms with Crippen LogP contribution in [0.15, 0.2) is 12.2 Å². The highest BCUT2D eigenvalue weighted by Gasteiger charge is 2.29. The Morgan fingerprint density at radius 2 is 1.74 bits per heavy atom. The van der Waals surface area contributed by atoms with Crippen LogP contribution in [0.3, 0.4) is 0 Å². The highest BCUT2D eigenvalue weighted by Crippen LogP contribution is 2.03. The molecule has 4 atom stereocenters. The summed E-state index contributed by atoms with van der Waals surface area (Å²) in [6, 6.07) is -1.40. The zero-order valence-electron chi connectivity index (χ0n) is 9.75. The van der Waals surface area contributed by atoms with Crippen LogP contribution in [0, 0.1) is 0 Å². The Morgan fingerprint density at radius 3 is 2.21 bits per heavy atom. The van der Waals surface area contributed by atoms with Crippen LogP contribution < -0.4 is 5.73 Å². The van der Waals surface area contributed by atoms with E-state index in [0.717, 1.165) is 0 Å². The molecule has 6 N–H and O–H groups in total. The standard InChI is InChI=1S/C10H15NO8/c11-5(3-12)9(17)10(18)6(13)4-19-8(16)2-1-7(14)15/h1-3,5-6,9-10,13,17-18H,4,11H2,(H,14,15)/t5-,6+,9+,10+/m0/s1. The van der Waals surface area contributed by atoms with Crippen molar-refractivity contribution in [2.24, 2.45) is 5.73 Å². The number of hydrogen-bond acceptors (Lipinski definition) is 8. The SMILES string of the molecule is N[C@@H](C=O)[C@@H](O)[C@H](O)[C@H](O)COC(=O)C=CC(=O)O. The van der Waals surface area contributed by atoms with Crippen molar-refractivity contribution < 1.29 is 39.5 Å². The summed E-state index contributed by atoms with van der Waals surface area (Å²) >= 11 is 0. The zero-order chi connectivity index (χ0) is 15.0. The molecule has 19 heavy (non-hydrogen) atoms. The molecule has 0 aliphatic heterocycles. The Hall–Kier alpha value is -1.81. The minimum absolute atomic E-state index is 0.183.